The molecule has 1 aromatic heterocycles. The van der Waals surface area contributed by atoms with Gasteiger partial charge >= 0.3 is 0 Å². The number of rotatable bonds is 0. The number of imidazole rings is 1. The normalized spacial score (nSPS) is 22.4. The molecular formula is C10H16N2. The van der Waals surface area contributed by atoms with Crippen molar-refractivity contribution >= 4 is 0 Å². The summed E-state index contributed by atoms with van der Waals surface area (Å²) in [6.07, 6.45) is 2.52. The Hall–Kier alpha value is -0.790. The molecule has 0 spiro atoms. The van der Waals surface area contributed by atoms with Crippen LogP contribution in [0.25, 0.3) is 0 Å². The molecule has 1 unspecified atom stereocenters. The van der Waals surface area contributed by atoms with E-state index in [1.807, 2.05) is 0 Å². The zero-order valence-electron chi connectivity index (χ0n) is 8.09. The van der Waals surface area contributed by atoms with E-state index >= 15 is 0 Å². The lowest BCUT2D eigenvalue weighted by atomic mass is 9.97. The summed E-state index contributed by atoms with van der Waals surface area (Å²) < 4.78 is 2.37. The molecule has 0 fully saturated rings. The lowest BCUT2D eigenvalue weighted by Gasteiger charge is -2.21. The fourth-order valence-corrected chi connectivity index (χ4v) is 2.09. The fourth-order valence-electron chi connectivity index (χ4n) is 2.09. The summed E-state index contributed by atoms with van der Waals surface area (Å²) in [6, 6.07) is 0. The monoisotopic (exact) mass is 164 g/mol. The third-order valence-corrected chi connectivity index (χ3v) is 2.85. The van der Waals surface area contributed by atoms with Gasteiger partial charge in [0.2, 0.25) is 0 Å². The summed E-state index contributed by atoms with van der Waals surface area (Å²) in [7, 11) is 0. The van der Waals surface area contributed by atoms with Crippen LogP contribution >= 0.6 is 0 Å². The number of aromatic nitrogens is 2. The third-order valence-electron chi connectivity index (χ3n) is 2.85. The Morgan fingerprint density at radius 3 is 2.92 bits per heavy atom. The molecule has 0 amide bonds. The maximum Gasteiger partial charge on any atom is 0.106 e. The average molecular weight is 164 g/mol. The first-order chi connectivity index (χ1) is 5.68. The highest BCUT2D eigenvalue weighted by Crippen LogP contribution is 2.23. The van der Waals surface area contributed by atoms with E-state index in [9.17, 15) is 0 Å². The Morgan fingerprint density at radius 1 is 1.42 bits per heavy atom. The van der Waals surface area contributed by atoms with Crippen molar-refractivity contribution in [3.05, 3.63) is 17.2 Å². The molecule has 2 rings (SSSR count). The van der Waals surface area contributed by atoms with Crippen molar-refractivity contribution in [2.24, 2.45) is 5.92 Å². The first-order valence-corrected chi connectivity index (χ1v) is 4.71. The molecule has 1 aliphatic heterocycles. The van der Waals surface area contributed by atoms with Gasteiger partial charge in [0.25, 0.3) is 0 Å². The molecule has 0 bridgehead atoms. The minimum absolute atomic E-state index is 0.840. The highest BCUT2D eigenvalue weighted by molar-refractivity contribution is 5.17. The third kappa shape index (κ3) is 1.06. The summed E-state index contributed by atoms with van der Waals surface area (Å²) in [5.41, 5.74) is 2.70. The molecule has 1 aromatic rings. The lowest BCUT2D eigenvalue weighted by Crippen LogP contribution is -2.17. The van der Waals surface area contributed by atoms with Gasteiger partial charge in [-0.25, -0.2) is 4.98 Å². The summed E-state index contributed by atoms with van der Waals surface area (Å²) in [4.78, 5) is 4.49. The zero-order valence-corrected chi connectivity index (χ0v) is 8.09. The highest BCUT2D eigenvalue weighted by atomic mass is 15.1. The van der Waals surface area contributed by atoms with Crippen LogP contribution in [0.4, 0.5) is 0 Å². The van der Waals surface area contributed by atoms with E-state index in [-0.39, 0.29) is 0 Å². The van der Waals surface area contributed by atoms with Crippen molar-refractivity contribution in [3.63, 3.8) is 0 Å². The van der Waals surface area contributed by atoms with Gasteiger partial charge in [0.05, 0.1) is 5.69 Å². The number of hydrogen-bond acceptors (Lipinski definition) is 1. The van der Waals surface area contributed by atoms with Crippen LogP contribution in [-0.2, 0) is 13.0 Å². The second-order valence-electron chi connectivity index (χ2n) is 3.94. The minimum Gasteiger partial charge on any atom is -0.332 e. The van der Waals surface area contributed by atoms with Gasteiger partial charge in [0.15, 0.2) is 0 Å². The van der Waals surface area contributed by atoms with Crippen molar-refractivity contribution in [2.45, 2.75) is 40.2 Å². The maximum atomic E-state index is 4.49. The molecule has 0 aliphatic carbocycles. The molecule has 1 atom stereocenters. The second kappa shape index (κ2) is 2.61. The predicted octanol–water partition coefficient (Wildman–Crippen LogP) is 2.08. The van der Waals surface area contributed by atoms with Crippen molar-refractivity contribution in [3.8, 4) is 0 Å². The summed E-state index contributed by atoms with van der Waals surface area (Å²) in [5, 5.41) is 0. The lowest BCUT2D eigenvalue weighted by molar-refractivity contribution is 0.411. The van der Waals surface area contributed by atoms with Crippen LogP contribution in [0.1, 0.15) is 30.6 Å². The Balaban J connectivity index is 2.45. The first kappa shape index (κ1) is 7.84. The molecular weight excluding hydrogens is 148 g/mol. The van der Waals surface area contributed by atoms with Crippen LogP contribution in [0.15, 0.2) is 0 Å². The van der Waals surface area contributed by atoms with E-state index in [4.69, 9.17) is 0 Å². The minimum atomic E-state index is 0.840. The van der Waals surface area contributed by atoms with Crippen molar-refractivity contribution in [1.82, 2.24) is 9.55 Å². The summed E-state index contributed by atoms with van der Waals surface area (Å²) >= 11 is 0. The number of fused-ring (bicyclic) bond motifs is 1. The topological polar surface area (TPSA) is 17.8 Å². The van der Waals surface area contributed by atoms with E-state index in [1.54, 1.807) is 0 Å². The molecule has 2 nitrogen and oxygen atoms in total. The van der Waals surface area contributed by atoms with Gasteiger partial charge in [-0.2, -0.15) is 0 Å². The van der Waals surface area contributed by atoms with Crippen molar-refractivity contribution in [1.29, 1.82) is 0 Å². The molecule has 0 aromatic carbocycles. The van der Waals surface area contributed by atoms with Gasteiger partial charge in [-0.05, 0) is 32.6 Å². The van der Waals surface area contributed by atoms with Crippen LogP contribution < -0.4 is 0 Å². The Kier molecular flexibility index (Phi) is 1.71. The predicted molar refractivity (Wildman–Crippen MR) is 49.2 cm³/mol. The van der Waals surface area contributed by atoms with Gasteiger partial charge in [-0.15, -0.1) is 0 Å². The Bertz CT molecular complexity index is 299. The van der Waals surface area contributed by atoms with Crippen LogP contribution in [0.2, 0.25) is 0 Å². The van der Waals surface area contributed by atoms with Crippen LogP contribution in [0.3, 0.4) is 0 Å². The molecule has 66 valence electrons. The van der Waals surface area contributed by atoms with Gasteiger partial charge in [-0.3, -0.25) is 0 Å². The SMILES string of the molecule is Cc1nc(C)n2c1CC(C)CC2. The van der Waals surface area contributed by atoms with E-state index in [1.165, 1.54) is 36.6 Å². The number of hydrogen-bond donors (Lipinski definition) is 0. The Morgan fingerprint density at radius 2 is 2.17 bits per heavy atom. The zero-order chi connectivity index (χ0) is 8.72. The van der Waals surface area contributed by atoms with Crippen LogP contribution in [-0.4, -0.2) is 9.55 Å². The van der Waals surface area contributed by atoms with Crippen LogP contribution in [0.5, 0.6) is 0 Å². The molecule has 0 saturated heterocycles. The quantitative estimate of drug-likeness (QED) is 0.574. The molecule has 0 radical (unpaired) electrons. The first-order valence-electron chi connectivity index (χ1n) is 4.71. The molecule has 12 heavy (non-hydrogen) atoms. The molecule has 2 heteroatoms. The average Bonchev–Trinajstić information content (AvgIpc) is 2.28. The molecule has 0 saturated carbocycles. The number of aryl methyl sites for hydroxylation is 2. The van der Waals surface area contributed by atoms with E-state index < -0.39 is 0 Å². The second-order valence-corrected chi connectivity index (χ2v) is 3.94. The van der Waals surface area contributed by atoms with Crippen LogP contribution in [0, 0.1) is 19.8 Å². The summed E-state index contributed by atoms with van der Waals surface area (Å²) in [5.74, 6) is 2.03. The van der Waals surface area contributed by atoms with Gasteiger partial charge in [0.1, 0.15) is 5.82 Å². The van der Waals surface area contributed by atoms with E-state index in [0.29, 0.717) is 0 Å². The standard InChI is InChI=1S/C10H16N2/c1-7-4-5-12-9(3)11-8(2)10(12)6-7/h7H,4-6H2,1-3H3. The molecule has 0 N–H and O–H groups in total. The molecule has 2 heterocycles. The van der Waals surface area contributed by atoms with Gasteiger partial charge in [0, 0.05) is 12.2 Å². The highest BCUT2D eigenvalue weighted by Gasteiger charge is 2.19. The maximum absolute atomic E-state index is 4.49. The van der Waals surface area contributed by atoms with Gasteiger partial charge < -0.3 is 4.57 Å². The van der Waals surface area contributed by atoms with Crippen molar-refractivity contribution in [2.75, 3.05) is 0 Å². The molecule has 1 aliphatic rings. The fraction of sp³-hybridized carbons (Fsp3) is 0.700. The van der Waals surface area contributed by atoms with Crippen molar-refractivity contribution < 1.29 is 0 Å². The number of nitrogens with zero attached hydrogens (tertiary/aromatic N) is 2. The summed E-state index contributed by atoms with van der Waals surface area (Å²) in [6.45, 7) is 7.72. The Labute approximate surface area is 73.6 Å². The largest absolute Gasteiger partial charge is 0.332 e. The smallest absolute Gasteiger partial charge is 0.106 e. The van der Waals surface area contributed by atoms with Gasteiger partial charge in [-0.1, -0.05) is 6.92 Å². The van der Waals surface area contributed by atoms with E-state index in [2.05, 4.69) is 30.3 Å². The van der Waals surface area contributed by atoms with E-state index in [0.717, 1.165) is 5.92 Å².